The van der Waals surface area contributed by atoms with E-state index >= 15 is 0 Å². The van der Waals surface area contributed by atoms with Gasteiger partial charge in [0.15, 0.2) is 0 Å². The first-order valence-corrected chi connectivity index (χ1v) is 9.27. The van der Waals surface area contributed by atoms with Crippen LogP contribution in [0, 0.1) is 12.7 Å². The largest absolute Gasteiger partial charge is 0.418 e. The van der Waals surface area contributed by atoms with Gasteiger partial charge in [0.05, 0.1) is 17.0 Å². The van der Waals surface area contributed by atoms with E-state index in [2.05, 4.69) is 26.1 Å². The summed E-state index contributed by atoms with van der Waals surface area (Å²) < 4.78 is 52.2. The molecular weight excluding hydrogens is 378 g/mol. The van der Waals surface area contributed by atoms with Crippen LogP contribution in [-0.4, -0.2) is 11.7 Å². The van der Waals surface area contributed by atoms with Crippen LogP contribution in [-0.2, 0) is 16.4 Å². The third-order valence-electron chi connectivity index (χ3n) is 3.97. The molecule has 1 N–H and O–H groups in total. The molecule has 0 radical (unpaired) electrons. The van der Waals surface area contributed by atoms with E-state index in [0.29, 0.717) is 6.07 Å². The molecule has 0 aromatic heterocycles. The lowest BCUT2D eigenvalue weighted by Gasteiger charge is -2.20. The summed E-state index contributed by atoms with van der Waals surface area (Å²) >= 11 is 1.25. The SMILES string of the molecule is Cc1ccc(C(C)(C)C)cc1SCC(=O)Nc1ccc(F)cc1C(F)(F)F. The molecule has 0 aliphatic carbocycles. The normalized spacial score (nSPS) is 12.1. The van der Waals surface area contributed by atoms with Crippen molar-refractivity contribution in [3.8, 4) is 0 Å². The number of hydrogen-bond acceptors (Lipinski definition) is 2. The zero-order valence-electron chi connectivity index (χ0n) is 15.5. The van der Waals surface area contributed by atoms with Crippen molar-refractivity contribution in [3.63, 3.8) is 0 Å². The van der Waals surface area contributed by atoms with Crippen LogP contribution in [0.25, 0.3) is 0 Å². The summed E-state index contributed by atoms with van der Waals surface area (Å²) in [5.74, 6) is -1.65. The molecule has 0 fully saturated rings. The number of anilines is 1. The fraction of sp³-hybridized carbons (Fsp3) is 0.350. The highest BCUT2D eigenvalue weighted by atomic mass is 32.2. The summed E-state index contributed by atoms with van der Waals surface area (Å²) in [7, 11) is 0. The van der Waals surface area contributed by atoms with Gasteiger partial charge in [-0.15, -0.1) is 11.8 Å². The van der Waals surface area contributed by atoms with Crippen LogP contribution < -0.4 is 5.32 Å². The smallest absolute Gasteiger partial charge is 0.325 e. The van der Waals surface area contributed by atoms with E-state index in [9.17, 15) is 22.4 Å². The summed E-state index contributed by atoms with van der Waals surface area (Å²) in [4.78, 5) is 13.0. The molecule has 0 bridgehead atoms. The maximum Gasteiger partial charge on any atom is 0.418 e. The quantitative estimate of drug-likeness (QED) is 0.491. The number of amides is 1. The van der Waals surface area contributed by atoms with E-state index in [1.165, 1.54) is 11.8 Å². The van der Waals surface area contributed by atoms with E-state index < -0.39 is 29.2 Å². The Morgan fingerprint density at radius 1 is 1.07 bits per heavy atom. The highest BCUT2D eigenvalue weighted by molar-refractivity contribution is 8.00. The van der Waals surface area contributed by atoms with Crippen molar-refractivity contribution in [1.29, 1.82) is 0 Å². The number of thioether (sulfide) groups is 1. The molecule has 146 valence electrons. The third kappa shape index (κ3) is 5.73. The lowest BCUT2D eigenvalue weighted by molar-refractivity contribution is -0.137. The number of halogens is 4. The van der Waals surface area contributed by atoms with Gasteiger partial charge in [0.1, 0.15) is 5.82 Å². The Hall–Kier alpha value is -2.02. The molecule has 1 amide bonds. The van der Waals surface area contributed by atoms with Gasteiger partial charge < -0.3 is 5.32 Å². The van der Waals surface area contributed by atoms with Gasteiger partial charge in [-0.05, 0) is 47.7 Å². The van der Waals surface area contributed by atoms with Crippen molar-refractivity contribution in [3.05, 3.63) is 58.9 Å². The average Bonchev–Trinajstić information content (AvgIpc) is 2.53. The van der Waals surface area contributed by atoms with Crippen LogP contribution in [0.2, 0.25) is 0 Å². The third-order valence-corrected chi connectivity index (χ3v) is 5.13. The molecule has 2 nitrogen and oxygen atoms in total. The van der Waals surface area contributed by atoms with Crippen molar-refractivity contribution in [2.75, 3.05) is 11.1 Å². The van der Waals surface area contributed by atoms with Gasteiger partial charge in [-0.3, -0.25) is 4.79 Å². The number of carbonyl (C=O) groups is 1. The molecule has 2 aromatic carbocycles. The van der Waals surface area contributed by atoms with Gasteiger partial charge >= 0.3 is 6.18 Å². The summed E-state index contributed by atoms with van der Waals surface area (Å²) in [6.07, 6.45) is -4.75. The summed E-state index contributed by atoms with van der Waals surface area (Å²) in [6, 6.07) is 8.16. The van der Waals surface area contributed by atoms with E-state index in [1.807, 2.05) is 25.1 Å². The highest BCUT2D eigenvalue weighted by Gasteiger charge is 2.34. The molecule has 27 heavy (non-hydrogen) atoms. The van der Waals surface area contributed by atoms with Gasteiger partial charge in [0.25, 0.3) is 0 Å². The van der Waals surface area contributed by atoms with E-state index in [0.717, 1.165) is 28.2 Å². The highest BCUT2D eigenvalue weighted by Crippen LogP contribution is 2.35. The van der Waals surface area contributed by atoms with E-state index in [-0.39, 0.29) is 11.2 Å². The van der Waals surface area contributed by atoms with E-state index in [4.69, 9.17) is 0 Å². The Bertz CT molecular complexity index is 841. The molecule has 0 spiro atoms. The van der Waals surface area contributed by atoms with Crippen LogP contribution in [0.3, 0.4) is 0 Å². The van der Waals surface area contributed by atoms with Gasteiger partial charge in [-0.1, -0.05) is 32.9 Å². The fourth-order valence-electron chi connectivity index (χ4n) is 2.41. The van der Waals surface area contributed by atoms with Gasteiger partial charge in [-0.2, -0.15) is 13.2 Å². The molecule has 0 saturated heterocycles. The molecule has 0 heterocycles. The Morgan fingerprint density at radius 3 is 2.33 bits per heavy atom. The first-order valence-electron chi connectivity index (χ1n) is 8.28. The van der Waals surface area contributed by atoms with Crippen LogP contribution >= 0.6 is 11.8 Å². The molecule has 7 heteroatoms. The molecule has 2 rings (SSSR count). The molecule has 0 saturated carbocycles. The average molecular weight is 399 g/mol. The second-order valence-electron chi connectivity index (χ2n) is 7.25. The monoisotopic (exact) mass is 399 g/mol. The zero-order valence-corrected chi connectivity index (χ0v) is 16.3. The number of benzene rings is 2. The lowest BCUT2D eigenvalue weighted by atomic mass is 9.87. The fourth-order valence-corrected chi connectivity index (χ4v) is 3.28. The number of rotatable bonds is 4. The second kappa shape index (κ2) is 7.92. The number of nitrogens with one attached hydrogen (secondary N) is 1. The zero-order chi connectivity index (χ0) is 20.4. The molecule has 0 aliphatic rings. The van der Waals surface area contributed by atoms with Crippen molar-refractivity contribution in [2.45, 2.75) is 44.2 Å². The first-order chi connectivity index (χ1) is 12.4. The first kappa shape index (κ1) is 21.3. The minimum absolute atomic E-state index is 0.0525. The number of alkyl halides is 3. The van der Waals surface area contributed by atoms with Gasteiger partial charge in [0.2, 0.25) is 5.91 Å². The summed E-state index contributed by atoms with van der Waals surface area (Å²) in [5.41, 5.74) is 0.384. The van der Waals surface area contributed by atoms with Crippen LogP contribution in [0.4, 0.5) is 23.2 Å². The molecular formula is C20H21F4NOS. The van der Waals surface area contributed by atoms with Gasteiger partial charge in [-0.25, -0.2) is 4.39 Å². The molecule has 0 unspecified atom stereocenters. The molecule has 0 atom stereocenters. The minimum atomic E-state index is -4.75. The molecule has 2 aromatic rings. The Balaban J connectivity index is 2.12. The Labute approximate surface area is 160 Å². The maximum absolute atomic E-state index is 13.1. The summed E-state index contributed by atoms with van der Waals surface area (Å²) in [6.45, 7) is 8.14. The standard InChI is InChI=1S/C20H21F4NOS/c1-12-5-6-13(19(2,3)4)9-17(12)27-11-18(26)25-16-8-7-14(21)10-15(16)20(22,23)24/h5-10H,11H2,1-4H3,(H,25,26). The Morgan fingerprint density at radius 2 is 1.74 bits per heavy atom. The topological polar surface area (TPSA) is 29.1 Å². The number of hydrogen-bond donors (Lipinski definition) is 1. The van der Waals surface area contributed by atoms with Crippen LogP contribution in [0.5, 0.6) is 0 Å². The van der Waals surface area contributed by atoms with Crippen LogP contribution in [0.1, 0.15) is 37.5 Å². The lowest BCUT2D eigenvalue weighted by Crippen LogP contribution is -2.18. The number of aryl methyl sites for hydroxylation is 1. The van der Waals surface area contributed by atoms with Crippen molar-refractivity contribution in [2.24, 2.45) is 0 Å². The molecule has 0 aliphatic heterocycles. The maximum atomic E-state index is 13.1. The second-order valence-corrected chi connectivity index (χ2v) is 8.27. The Kier molecular flexibility index (Phi) is 6.24. The number of carbonyl (C=O) groups excluding carboxylic acids is 1. The van der Waals surface area contributed by atoms with Gasteiger partial charge in [0, 0.05) is 4.90 Å². The van der Waals surface area contributed by atoms with Crippen molar-refractivity contribution >= 4 is 23.4 Å². The minimum Gasteiger partial charge on any atom is -0.325 e. The predicted molar refractivity (Wildman–Crippen MR) is 101 cm³/mol. The van der Waals surface area contributed by atoms with Crippen molar-refractivity contribution in [1.82, 2.24) is 0 Å². The van der Waals surface area contributed by atoms with Crippen molar-refractivity contribution < 1.29 is 22.4 Å². The summed E-state index contributed by atoms with van der Waals surface area (Å²) in [5, 5.41) is 2.23. The predicted octanol–water partition coefficient (Wildman–Crippen LogP) is 6.18. The van der Waals surface area contributed by atoms with Crippen LogP contribution in [0.15, 0.2) is 41.3 Å². The van der Waals surface area contributed by atoms with E-state index in [1.54, 1.807) is 0 Å².